The molecule has 0 unspecified atom stereocenters. The maximum atomic E-state index is 14.4. The van der Waals surface area contributed by atoms with Crippen LogP contribution in [0.2, 0.25) is 0 Å². The first-order valence-corrected chi connectivity index (χ1v) is 11.0. The van der Waals surface area contributed by atoms with Crippen molar-refractivity contribution < 1.29 is 17.6 Å². The lowest BCUT2D eigenvalue weighted by atomic mass is 10.1. The number of carbonyl (C=O) groups is 1. The molecule has 0 aromatic heterocycles. The minimum atomic E-state index is -4.13. The zero-order valence-electron chi connectivity index (χ0n) is 16.8. The maximum Gasteiger partial charge on any atom is 0.255 e. The molecule has 3 rings (SSSR count). The number of nitrogens with zero attached hydrogens (tertiary/aromatic N) is 1. The Morgan fingerprint density at radius 3 is 2.27 bits per heavy atom. The molecule has 1 N–H and O–H groups in total. The average Bonchev–Trinajstić information content (AvgIpc) is 2.75. The Morgan fingerprint density at radius 1 is 0.967 bits per heavy atom. The van der Waals surface area contributed by atoms with Crippen molar-refractivity contribution in [2.24, 2.45) is 0 Å². The standard InChI is InChI=1S/C23H23FN2O3S/c1-3-17-9-12-20(13-10-17)25-23(27)19-11-14-21(24)22(15-19)30(28,29)26(2)16-18-7-5-4-6-8-18/h4-15H,3,16H2,1-2H3,(H,25,27). The van der Waals surface area contributed by atoms with E-state index in [2.05, 4.69) is 5.32 Å². The van der Waals surface area contributed by atoms with Crippen LogP contribution in [0.1, 0.15) is 28.4 Å². The van der Waals surface area contributed by atoms with Gasteiger partial charge in [-0.05, 0) is 47.9 Å². The van der Waals surface area contributed by atoms with Crippen LogP contribution in [0.3, 0.4) is 0 Å². The van der Waals surface area contributed by atoms with E-state index in [4.69, 9.17) is 0 Å². The highest BCUT2D eigenvalue weighted by atomic mass is 32.2. The summed E-state index contributed by atoms with van der Waals surface area (Å²) in [6.07, 6.45) is 0.879. The zero-order chi connectivity index (χ0) is 21.7. The third kappa shape index (κ3) is 4.93. The van der Waals surface area contributed by atoms with Crippen molar-refractivity contribution >= 4 is 21.6 Å². The molecule has 0 atom stereocenters. The number of sulfonamides is 1. The van der Waals surface area contributed by atoms with Crippen LogP contribution in [0, 0.1) is 5.82 Å². The molecule has 0 aliphatic rings. The van der Waals surface area contributed by atoms with Crippen LogP contribution in [0.15, 0.2) is 77.7 Å². The van der Waals surface area contributed by atoms with Gasteiger partial charge in [-0.3, -0.25) is 4.79 Å². The van der Waals surface area contributed by atoms with Gasteiger partial charge in [-0.2, -0.15) is 4.31 Å². The third-order valence-corrected chi connectivity index (χ3v) is 6.57. The molecule has 0 saturated heterocycles. The first kappa shape index (κ1) is 21.7. The van der Waals surface area contributed by atoms with Crippen LogP contribution in [-0.2, 0) is 23.0 Å². The Labute approximate surface area is 176 Å². The summed E-state index contributed by atoms with van der Waals surface area (Å²) in [7, 11) is -2.75. The smallest absolute Gasteiger partial charge is 0.255 e. The second-order valence-corrected chi connectivity index (χ2v) is 8.91. The Bertz CT molecular complexity index is 1130. The first-order chi connectivity index (χ1) is 14.3. The maximum absolute atomic E-state index is 14.4. The van der Waals surface area contributed by atoms with Crippen LogP contribution in [0.5, 0.6) is 0 Å². The number of hydrogen-bond donors (Lipinski definition) is 1. The van der Waals surface area contributed by atoms with E-state index in [-0.39, 0.29) is 12.1 Å². The normalized spacial score (nSPS) is 11.5. The summed E-state index contributed by atoms with van der Waals surface area (Å²) in [6, 6.07) is 19.7. The molecule has 3 aromatic rings. The van der Waals surface area contributed by atoms with Crippen molar-refractivity contribution in [2.75, 3.05) is 12.4 Å². The number of halogens is 1. The topological polar surface area (TPSA) is 66.5 Å². The van der Waals surface area contributed by atoms with Gasteiger partial charge in [0.1, 0.15) is 10.7 Å². The van der Waals surface area contributed by atoms with Crippen LogP contribution in [0.4, 0.5) is 10.1 Å². The van der Waals surface area contributed by atoms with Gasteiger partial charge >= 0.3 is 0 Å². The summed E-state index contributed by atoms with van der Waals surface area (Å²) in [5.74, 6) is -1.42. The van der Waals surface area contributed by atoms with Crippen molar-refractivity contribution in [2.45, 2.75) is 24.8 Å². The van der Waals surface area contributed by atoms with Crippen molar-refractivity contribution in [1.29, 1.82) is 0 Å². The average molecular weight is 427 g/mol. The van der Waals surface area contributed by atoms with Crippen LogP contribution in [0.25, 0.3) is 0 Å². The molecular formula is C23H23FN2O3S. The highest BCUT2D eigenvalue weighted by Gasteiger charge is 2.26. The van der Waals surface area contributed by atoms with Gasteiger partial charge in [0, 0.05) is 24.8 Å². The molecule has 156 valence electrons. The second kappa shape index (κ2) is 9.19. The molecule has 0 saturated carbocycles. The fourth-order valence-electron chi connectivity index (χ4n) is 2.96. The van der Waals surface area contributed by atoms with Gasteiger partial charge in [-0.1, -0.05) is 49.4 Å². The summed E-state index contributed by atoms with van der Waals surface area (Å²) >= 11 is 0. The van der Waals surface area contributed by atoms with Gasteiger partial charge < -0.3 is 5.32 Å². The highest BCUT2D eigenvalue weighted by molar-refractivity contribution is 7.89. The molecule has 0 aliphatic carbocycles. The largest absolute Gasteiger partial charge is 0.322 e. The molecule has 3 aromatic carbocycles. The predicted octanol–water partition coefficient (Wildman–Crippen LogP) is 4.46. The molecule has 5 nitrogen and oxygen atoms in total. The van der Waals surface area contributed by atoms with E-state index in [0.717, 1.165) is 34.0 Å². The van der Waals surface area contributed by atoms with E-state index in [1.54, 1.807) is 36.4 Å². The van der Waals surface area contributed by atoms with Crippen molar-refractivity contribution in [3.63, 3.8) is 0 Å². The molecule has 0 radical (unpaired) electrons. The summed E-state index contributed by atoms with van der Waals surface area (Å²) in [5.41, 5.74) is 2.54. The minimum Gasteiger partial charge on any atom is -0.322 e. The Kier molecular flexibility index (Phi) is 6.64. The summed E-state index contributed by atoms with van der Waals surface area (Å²) in [4.78, 5) is 12.0. The van der Waals surface area contributed by atoms with E-state index >= 15 is 0 Å². The van der Waals surface area contributed by atoms with Crippen LogP contribution in [-0.4, -0.2) is 25.7 Å². The number of anilines is 1. The van der Waals surface area contributed by atoms with Gasteiger partial charge in [0.05, 0.1) is 0 Å². The van der Waals surface area contributed by atoms with Gasteiger partial charge in [-0.15, -0.1) is 0 Å². The summed E-state index contributed by atoms with van der Waals surface area (Å²) < 4.78 is 41.3. The van der Waals surface area contributed by atoms with Gasteiger partial charge in [-0.25, -0.2) is 12.8 Å². The third-order valence-electron chi connectivity index (χ3n) is 4.75. The van der Waals surface area contributed by atoms with E-state index in [0.29, 0.717) is 5.69 Å². The van der Waals surface area contributed by atoms with E-state index in [9.17, 15) is 17.6 Å². The summed E-state index contributed by atoms with van der Waals surface area (Å²) in [6.45, 7) is 2.12. The lowest BCUT2D eigenvalue weighted by Gasteiger charge is -2.18. The number of amides is 1. The Hall–Kier alpha value is -3.03. The molecule has 0 spiro atoms. The number of aryl methyl sites for hydroxylation is 1. The molecule has 0 heterocycles. The number of hydrogen-bond acceptors (Lipinski definition) is 3. The fraction of sp³-hybridized carbons (Fsp3) is 0.174. The molecule has 7 heteroatoms. The Morgan fingerprint density at radius 2 is 1.63 bits per heavy atom. The fourth-order valence-corrected chi connectivity index (χ4v) is 4.21. The van der Waals surface area contributed by atoms with E-state index < -0.39 is 26.6 Å². The van der Waals surface area contributed by atoms with Crippen LogP contribution >= 0.6 is 0 Å². The number of rotatable bonds is 7. The number of nitrogens with one attached hydrogen (secondary N) is 1. The Balaban J connectivity index is 1.83. The SMILES string of the molecule is CCc1ccc(NC(=O)c2ccc(F)c(S(=O)(=O)N(C)Cc3ccccc3)c2)cc1. The van der Waals surface area contributed by atoms with Gasteiger partial charge in [0.2, 0.25) is 10.0 Å². The lowest BCUT2D eigenvalue weighted by Crippen LogP contribution is -2.27. The van der Waals surface area contributed by atoms with Crippen LogP contribution < -0.4 is 5.32 Å². The summed E-state index contributed by atoms with van der Waals surface area (Å²) in [5, 5.41) is 2.71. The van der Waals surface area contributed by atoms with E-state index in [1.807, 2.05) is 25.1 Å². The van der Waals surface area contributed by atoms with Crippen molar-refractivity contribution in [3.8, 4) is 0 Å². The molecule has 30 heavy (non-hydrogen) atoms. The molecule has 0 bridgehead atoms. The quantitative estimate of drug-likeness (QED) is 0.607. The lowest BCUT2D eigenvalue weighted by molar-refractivity contribution is 0.102. The van der Waals surface area contributed by atoms with Gasteiger partial charge in [0.25, 0.3) is 5.91 Å². The van der Waals surface area contributed by atoms with Crippen molar-refractivity contribution in [1.82, 2.24) is 4.31 Å². The molecule has 0 aliphatic heterocycles. The minimum absolute atomic E-state index is 0.0580. The number of carbonyl (C=O) groups excluding carboxylic acids is 1. The molecule has 0 fully saturated rings. The molecule has 1 amide bonds. The second-order valence-electron chi connectivity index (χ2n) is 6.90. The zero-order valence-corrected chi connectivity index (χ0v) is 17.6. The first-order valence-electron chi connectivity index (χ1n) is 9.51. The predicted molar refractivity (Wildman–Crippen MR) is 115 cm³/mol. The van der Waals surface area contributed by atoms with Crippen molar-refractivity contribution in [3.05, 3.63) is 95.3 Å². The number of benzene rings is 3. The van der Waals surface area contributed by atoms with E-state index in [1.165, 1.54) is 13.1 Å². The highest BCUT2D eigenvalue weighted by Crippen LogP contribution is 2.22. The monoisotopic (exact) mass is 426 g/mol. The molecular weight excluding hydrogens is 403 g/mol. The van der Waals surface area contributed by atoms with Gasteiger partial charge in [0.15, 0.2) is 0 Å².